The molecule has 71 valence electrons. The molecule has 1 radical (unpaired) electrons. The summed E-state index contributed by atoms with van der Waals surface area (Å²) >= 11 is 13.5. The van der Waals surface area contributed by atoms with Gasteiger partial charge in [-0.25, -0.2) is 0 Å². The Morgan fingerprint density at radius 1 is 1.21 bits per heavy atom. The second-order valence-electron chi connectivity index (χ2n) is 3.00. The monoisotopic (exact) mass is 241 g/mol. The van der Waals surface area contributed by atoms with Gasteiger partial charge in [-0.05, 0) is 35.6 Å². The van der Waals surface area contributed by atoms with Crippen molar-refractivity contribution in [3.8, 4) is 11.1 Å². The lowest BCUT2D eigenvalue weighted by molar-refractivity contribution is 1.52. The van der Waals surface area contributed by atoms with E-state index in [1.54, 1.807) is 17.4 Å². The van der Waals surface area contributed by atoms with Crippen molar-refractivity contribution in [3.05, 3.63) is 44.6 Å². The lowest BCUT2D eigenvalue weighted by atomic mass is 10.1. The highest BCUT2D eigenvalue weighted by Gasteiger charge is 2.07. The number of thiophene rings is 1. The molecule has 0 saturated heterocycles. The van der Waals surface area contributed by atoms with E-state index in [-0.39, 0.29) is 0 Å². The van der Waals surface area contributed by atoms with Crippen molar-refractivity contribution < 1.29 is 0 Å². The van der Waals surface area contributed by atoms with Gasteiger partial charge in [-0.15, -0.1) is 11.3 Å². The molecule has 0 saturated carbocycles. The fourth-order valence-corrected chi connectivity index (χ4v) is 2.57. The molecular weight excluding hydrogens is 235 g/mol. The first-order valence-corrected chi connectivity index (χ1v) is 5.73. The number of benzene rings is 1. The summed E-state index contributed by atoms with van der Waals surface area (Å²) in [6.07, 6.45) is 0. The molecule has 1 aromatic carbocycles. The predicted octanol–water partition coefficient (Wildman–Crippen LogP) is 4.83. The summed E-state index contributed by atoms with van der Waals surface area (Å²) in [6.45, 7) is 2.02. The van der Waals surface area contributed by atoms with Crippen LogP contribution in [0.4, 0.5) is 0 Å². The maximum absolute atomic E-state index is 6.10. The fraction of sp³-hybridized carbons (Fsp3) is 0.0909. The summed E-state index contributed by atoms with van der Waals surface area (Å²) in [5.74, 6) is 0. The molecule has 0 N–H and O–H groups in total. The average Bonchev–Trinajstić information content (AvgIpc) is 2.52. The first-order valence-electron chi connectivity index (χ1n) is 4.09. The van der Waals surface area contributed by atoms with Crippen LogP contribution in [0.3, 0.4) is 0 Å². The quantitative estimate of drug-likeness (QED) is 0.671. The van der Waals surface area contributed by atoms with Crippen molar-refractivity contribution in [2.24, 2.45) is 0 Å². The van der Waals surface area contributed by atoms with Crippen LogP contribution in [0.1, 0.15) is 5.56 Å². The maximum atomic E-state index is 6.10. The molecule has 2 aromatic rings. The summed E-state index contributed by atoms with van der Waals surface area (Å²) in [5, 5.41) is 6.56. The highest BCUT2D eigenvalue weighted by molar-refractivity contribution is 7.08. The molecule has 0 amide bonds. The van der Waals surface area contributed by atoms with E-state index in [0.717, 1.165) is 16.7 Å². The van der Waals surface area contributed by atoms with E-state index >= 15 is 0 Å². The van der Waals surface area contributed by atoms with Crippen LogP contribution in [0.15, 0.2) is 23.6 Å². The number of halogens is 2. The van der Waals surface area contributed by atoms with Crippen molar-refractivity contribution in [1.82, 2.24) is 0 Å². The first kappa shape index (κ1) is 10.0. The molecular formula is C11H7Cl2S. The zero-order valence-electron chi connectivity index (χ0n) is 7.47. The number of hydrogen-bond acceptors (Lipinski definition) is 1. The van der Waals surface area contributed by atoms with Crippen LogP contribution in [-0.2, 0) is 0 Å². The van der Waals surface area contributed by atoms with Gasteiger partial charge >= 0.3 is 0 Å². The largest absolute Gasteiger partial charge is 0.142 e. The zero-order chi connectivity index (χ0) is 10.1. The smallest absolute Gasteiger partial charge is 0.0499 e. The van der Waals surface area contributed by atoms with Crippen molar-refractivity contribution in [3.63, 3.8) is 0 Å². The van der Waals surface area contributed by atoms with Gasteiger partial charge in [0.15, 0.2) is 0 Å². The third-order valence-corrected chi connectivity index (χ3v) is 3.34. The second-order valence-corrected chi connectivity index (χ2v) is 4.52. The SMILES string of the molecule is Cc1[c]scc1-c1ccc(Cl)cc1Cl. The number of rotatable bonds is 1. The fourth-order valence-electron chi connectivity index (χ4n) is 1.29. The summed E-state index contributed by atoms with van der Waals surface area (Å²) in [4.78, 5) is 0. The van der Waals surface area contributed by atoms with E-state index in [9.17, 15) is 0 Å². The summed E-state index contributed by atoms with van der Waals surface area (Å²) < 4.78 is 0. The topological polar surface area (TPSA) is 0 Å². The van der Waals surface area contributed by atoms with E-state index in [1.807, 2.05) is 24.4 Å². The minimum absolute atomic E-state index is 0.663. The Kier molecular flexibility index (Phi) is 2.82. The molecule has 0 fully saturated rings. The minimum Gasteiger partial charge on any atom is -0.142 e. The van der Waals surface area contributed by atoms with Gasteiger partial charge < -0.3 is 0 Å². The van der Waals surface area contributed by atoms with Gasteiger partial charge in [-0.3, -0.25) is 0 Å². The Labute approximate surface area is 97.1 Å². The summed E-state index contributed by atoms with van der Waals surface area (Å²) in [6, 6.07) is 5.54. The lowest BCUT2D eigenvalue weighted by Gasteiger charge is -2.03. The Morgan fingerprint density at radius 2 is 2.00 bits per heavy atom. The van der Waals surface area contributed by atoms with Gasteiger partial charge in [0.05, 0.1) is 0 Å². The Morgan fingerprint density at radius 3 is 2.57 bits per heavy atom. The molecule has 3 heteroatoms. The third kappa shape index (κ3) is 1.81. The van der Waals surface area contributed by atoms with Crippen molar-refractivity contribution >= 4 is 34.5 Å². The lowest BCUT2D eigenvalue weighted by Crippen LogP contribution is -1.79. The zero-order valence-corrected chi connectivity index (χ0v) is 9.80. The Bertz CT molecular complexity index is 460. The maximum Gasteiger partial charge on any atom is 0.0499 e. The molecule has 0 unspecified atom stereocenters. The first-order chi connectivity index (χ1) is 6.68. The average molecular weight is 242 g/mol. The molecule has 1 aromatic heterocycles. The molecule has 14 heavy (non-hydrogen) atoms. The molecule has 0 aliphatic heterocycles. The van der Waals surface area contributed by atoms with Crippen molar-refractivity contribution in [1.29, 1.82) is 0 Å². The van der Waals surface area contributed by atoms with E-state index in [4.69, 9.17) is 23.2 Å². The van der Waals surface area contributed by atoms with Gasteiger partial charge in [-0.2, -0.15) is 0 Å². The molecule has 2 rings (SSSR count). The van der Waals surface area contributed by atoms with E-state index in [0.29, 0.717) is 10.0 Å². The van der Waals surface area contributed by atoms with E-state index < -0.39 is 0 Å². The normalized spacial score (nSPS) is 10.5. The standard InChI is InChI=1S/C11H7Cl2S/c1-7-5-14-6-10(7)9-3-2-8(12)4-11(9)13/h2-4,6H,1H3. The van der Waals surface area contributed by atoms with Crippen LogP contribution in [0.5, 0.6) is 0 Å². The van der Waals surface area contributed by atoms with Crippen molar-refractivity contribution in [2.75, 3.05) is 0 Å². The summed E-state index contributed by atoms with van der Waals surface area (Å²) in [7, 11) is 0. The van der Waals surface area contributed by atoms with Gasteiger partial charge in [-0.1, -0.05) is 29.3 Å². The third-order valence-electron chi connectivity index (χ3n) is 2.01. The van der Waals surface area contributed by atoms with Gasteiger partial charge in [0.2, 0.25) is 0 Å². The van der Waals surface area contributed by atoms with E-state index in [1.165, 1.54) is 0 Å². The molecule has 1 heterocycles. The van der Waals surface area contributed by atoms with Gasteiger partial charge in [0, 0.05) is 21.0 Å². The van der Waals surface area contributed by atoms with Gasteiger partial charge in [0.1, 0.15) is 0 Å². The Balaban J connectivity index is 2.58. The Hall–Kier alpha value is -0.500. The molecule has 0 nitrogen and oxygen atoms in total. The predicted molar refractivity (Wildman–Crippen MR) is 63.3 cm³/mol. The highest BCUT2D eigenvalue weighted by atomic mass is 35.5. The number of aryl methyl sites for hydroxylation is 1. The molecule has 0 atom stereocenters. The number of hydrogen-bond donors (Lipinski definition) is 0. The molecule has 0 spiro atoms. The molecule has 0 bridgehead atoms. The minimum atomic E-state index is 0.663. The highest BCUT2D eigenvalue weighted by Crippen LogP contribution is 2.33. The van der Waals surface area contributed by atoms with Crippen LogP contribution in [0.2, 0.25) is 10.0 Å². The molecule has 0 aliphatic carbocycles. The van der Waals surface area contributed by atoms with Crippen LogP contribution in [-0.4, -0.2) is 0 Å². The van der Waals surface area contributed by atoms with Crippen LogP contribution in [0, 0.1) is 12.3 Å². The van der Waals surface area contributed by atoms with E-state index in [2.05, 4.69) is 5.38 Å². The van der Waals surface area contributed by atoms with Gasteiger partial charge in [0.25, 0.3) is 0 Å². The van der Waals surface area contributed by atoms with Crippen LogP contribution >= 0.6 is 34.5 Å². The van der Waals surface area contributed by atoms with Crippen LogP contribution in [0.25, 0.3) is 11.1 Å². The summed E-state index contributed by atoms with van der Waals surface area (Å²) in [5.41, 5.74) is 3.28. The van der Waals surface area contributed by atoms with Crippen LogP contribution < -0.4 is 0 Å². The molecule has 0 aliphatic rings. The second kappa shape index (κ2) is 3.93. The van der Waals surface area contributed by atoms with Crippen molar-refractivity contribution in [2.45, 2.75) is 6.92 Å².